The van der Waals surface area contributed by atoms with Crippen molar-refractivity contribution < 1.29 is 9.84 Å². The van der Waals surface area contributed by atoms with Gasteiger partial charge in [0, 0.05) is 0 Å². The van der Waals surface area contributed by atoms with Crippen molar-refractivity contribution in [2.75, 3.05) is 6.61 Å². The first kappa shape index (κ1) is 10.7. The molecule has 0 aliphatic carbocycles. The number of rotatable bonds is 3. The minimum absolute atomic E-state index is 0.169. The molecule has 0 radical (unpaired) electrons. The van der Waals surface area contributed by atoms with E-state index in [9.17, 15) is 0 Å². The third-order valence-corrected chi connectivity index (χ3v) is 1.29. The highest BCUT2D eigenvalue weighted by Gasteiger charge is 2.13. The summed E-state index contributed by atoms with van der Waals surface area (Å²) < 4.78 is 4.71. The van der Waals surface area contributed by atoms with Crippen LogP contribution in [0.2, 0.25) is 0 Å². The maximum atomic E-state index is 8.64. The van der Waals surface area contributed by atoms with Crippen LogP contribution in [0.15, 0.2) is 12.7 Å². The minimum Gasteiger partial charge on any atom is -0.393 e. The molecular weight excluding hydrogens is 140 g/mol. The highest BCUT2D eigenvalue weighted by molar-refractivity contribution is 4.66. The number of epoxide rings is 1. The second-order valence-corrected chi connectivity index (χ2v) is 2.86. The summed E-state index contributed by atoms with van der Waals surface area (Å²) >= 11 is 0. The maximum absolute atomic E-state index is 8.64. The van der Waals surface area contributed by atoms with Crippen LogP contribution in [0.3, 0.4) is 0 Å². The molecule has 0 spiro atoms. The third-order valence-electron chi connectivity index (χ3n) is 1.29. The molecule has 1 N–H and O–H groups in total. The van der Waals surface area contributed by atoms with Crippen LogP contribution in [0.5, 0.6) is 0 Å². The van der Waals surface area contributed by atoms with Gasteiger partial charge in [-0.1, -0.05) is 6.08 Å². The molecule has 1 fully saturated rings. The number of allylic oxidation sites excluding steroid dienone is 1. The van der Waals surface area contributed by atoms with Crippen molar-refractivity contribution in [1.82, 2.24) is 0 Å². The number of aliphatic hydroxyl groups is 1. The van der Waals surface area contributed by atoms with Gasteiger partial charge in [-0.2, -0.15) is 0 Å². The van der Waals surface area contributed by atoms with Gasteiger partial charge in [0.15, 0.2) is 0 Å². The molecule has 2 atom stereocenters. The van der Waals surface area contributed by atoms with Crippen molar-refractivity contribution in [3.05, 3.63) is 12.7 Å². The molecule has 2 heteroatoms. The Morgan fingerprint density at radius 3 is 2.36 bits per heavy atom. The van der Waals surface area contributed by atoms with Gasteiger partial charge in [0.2, 0.25) is 0 Å². The lowest BCUT2D eigenvalue weighted by Crippen LogP contribution is -1.96. The summed E-state index contributed by atoms with van der Waals surface area (Å²) in [7, 11) is 0. The van der Waals surface area contributed by atoms with Gasteiger partial charge in [0.05, 0.1) is 18.8 Å². The topological polar surface area (TPSA) is 32.8 Å². The van der Waals surface area contributed by atoms with Gasteiger partial charge < -0.3 is 9.84 Å². The first-order chi connectivity index (χ1) is 5.16. The first-order valence-corrected chi connectivity index (χ1v) is 4.07. The molecule has 0 unspecified atom stereocenters. The maximum Gasteiger partial charge on any atom is 0.0781 e. The van der Waals surface area contributed by atoms with Crippen LogP contribution in [0.1, 0.15) is 26.7 Å². The molecule has 11 heavy (non-hydrogen) atoms. The minimum atomic E-state index is -0.169. The molecule has 1 heterocycles. The fourth-order valence-corrected chi connectivity index (χ4v) is 0.455. The quantitative estimate of drug-likeness (QED) is 0.501. The molecule has 0 aromatic rings. The molecule has 1 rings (SSSR count). The molecule has 0 bridgehead atoms. The van der Waals surface area contributed by atoms with Gasteiger partial charge in [-0.25, -0.2) is 0 Å². The van der Waals surface area contributed by atoms with Crippen LogP contribution in [0.25, 0.3) is 0 Å². The van der Waals surface area contributed by atoms with Crippen molar-refractivity contribution in [3.8, 4) is 0 Å². The molecule has 66 valence electrons. The van der Waals surface area contributed by atoms with Gasteiger partial charge in [-0.05, 0) is 26.7 Å². The van der Waals surface area contributed by atoms with E-state index in [1.54, 1.807) is 6.92 Å². The summed E-state index contributed by atoms with van der Waals surface area (Å²) in [6.45, 7) is 8.34. The zero-order valence-corrected chi connectivity index (χ0v) is 7.42. The van der Waals surface area contributed by atoms with Crippen molar-refractivity contribution in [2.24, 2.45) is 0 Å². The largest absolute Gasteiger partial charge is 0.393 e. The predicted octanol–water partition coefficient (Wildman–Crippen LogP) is 1.74. The number of ether oxygens (including phenoxy) is 1. The third kappa shape index (κ3) is 12.8. The Bertz CT molecular complexity index is 95.7. The normalized spacial score (nSPS) is 23.0. The lowest BCUT2D eigenvalue weighted by molar-refractivity contribution is 0.186. The van der Waals surface area contributed by atoms with E-state index in [2.05, 4.69) is 13.5 Å². The van der Waals surface area contributed by atoms with E-state index in [-0.39, 0.29) is 6.10 Å². The fraction of sp³-hybridized carbons (Fsp3) is 0.778. The molecule has 0 aromatic carbocycles. The van der Waals surface area contributed by atoms with Gasteiger partial charge in [-0.3, -0.25) is 0 Å². The zero-order valence-electron chi connectivity index (χ0n) is 7.42. The Hall–Kier alpha value is -0.340. The standard InChI is InChI=1S/C6H12O.C3H6O/c1-3-4-5-6(2)7;1-3-2-4-3/h3,6-7H,1,4-5H2,2H3;3H,2H2,1H3/t6-;3-/m00/s1. The van der Waals surface area contributed by atoms with Crippen LogP contribution in [-0.2, 0) is 4.74 Å². The number of hydrogen-bond donors (Lipinski definition) is 1. The van der Waals surface area contributed by atoms with Gasteiger partial charge in [0.1, 0.15) is 0 Å². The van der Waals surface area contributed by atoms with Crippen LogP contribution < -0.4 is 0 Å². The van der Waals surface area contributed by atoms with E-state index >= 15 is 0 Å². The smallest absolute Gasteiger partial charge is 0.0781 e. The van der Waals surface area contributed by atoms with E-state index < -0.39 is 0 Å². The van der Waals surface area contributed by atoms with Crippen LogP contribution >= 0.6 is 0 Å². The molecule has 2 nitrogen and oxygen atoms in total. The molecule has 1 saturated heterocycles. The van der Waals surface area contributed by atoms with E-state index in [4.69, 9.17) is 9.84 Å². The summed E-state index contributed by atoms with van der Waals surface area (Å²) in [6, 6.07) is 0. The second-order valence-electron chi connectivity index (χ2n) is 2.86. The Morgan fingerprint density at radius 1 is 1.82 bits per heavy atom. The van der Waals surface area contributed by atoms with Gasteiger partial charge in [0.25, 0.3) is 0 Å². The Balaban J connectivity index is 0.000000207. The summed E-state index contributed by atoms with van der Waals surface area (Å²) in [5.41, 5.74) is 0. The summed E-state index contributed by atoms with van der Waals surface area (Å²) in [5, 5.41) is 8.64. The molecule has 0 amide bonds. The first-order valence-electron chi connectivity index (χ1n) is 4.07. The SMILES string of the molecule is C=CCC[C@H](C)O.C[C@H]1CO1. The van der Waals surface area contributed by atoms with Crippen molar-refractivity contribution in [3.63, 3.8) is 0 Å². The number of hydrogen-bond acceptors (Lipinski definition) is 2. The fourth-order valence-electron chi connectivity index (χ4n) is 0.455. The lowest BCUT2D eigenvalue weighted by atomic mass is 10.2. The summed E-state index contributed by atoms with van der Waals surface area (Å²) in [4.78, 5) is 0. The van der Waals surface area contributed by atoms with Gasteiger partial charge in [-0.15, -0.1) is 6.58 Å². The molecule has 0 aromatic heterocycles. The van der Waals surface area contributed by atoms with E-state index in [0.29, 0.717) is 6.10 Å². The molecule has 0 saturated carbocycles. The average Bonchev–Trinajstić information content (AvgIpc) is 2.68. The van der Waals surface area contributed by atoms with Crippen LogP contribution in [0.4, 0.5) is 0 Å². The van der Waals surface area contributed by atoms with Gasteiger partial charge >= 0.3 is 0 Å². The zero-order chi connectivity index (χ0) is 8.69. The Morgan fingerprint density at radius 2 is 2.27 bits per heavy atom. The average molecular weight is 158 g/mol. The van der Waals surface area contributed by atoms with E-state index in [1.807, 2.05) is 6.08 Å². The molecule has 1 aliphatic heterocycles. The second kappa shape index (κ2) is 6.38. The van der Waals surface area contributed by atoms with Crippen molar-refractivity contribution in [1.29, 1.82) is 0 Å². The highest BCUT2D eigenvalue weighted by atomic mass is 16.6. The monoisotopic (exact) mass is 158 g/mol. The van der Waals surface area contributed by atoms with Crippen molar-refractivity contribution in [2.45, 2.75) is 38.9 Å². The summed E-state index contributed by atoms with van der Waals surface area (Å²) in [6.07, 6.45) is 3.98. The lowest BCUT2D eigenvalue weighted by Gasteiger charge is -1.96. The van der Waals surface area contributed by atoms with E-state index in [0.717, 1.165) is 19.4 Å². The van der Waals surface area contributed by atoms with Crippen LogP contribution in [0, 0.1) is 0 Å². The highest BCUT2D eigenvalue weighted by Crippen LogP contribution is 2.04. The number of aliphatic hydroxyl groups excluding tert-OH is 1. The van der Waals surface area contributed by atoms with Crippen molar-refractivity contribution >= 4 is 0 Å². The van der Waals surface area contributed by atoms with Crippen LogP contribution in [-0.4, -0.2) is 23.9 Å². The predicted molar refractivity (Wildman–Crippen MR) is 46.5 cm³/mol. The molecule has 1 aliphatic rings. The Labute approximate surface area is 68.9 Å². The van der Waals surface area contributed by atoms with E-state index in [1.165, 1.54) is 0 Å². The Kier molecular flexibility index (Phi) is 6.18. The summed E-state index contributed by atoms with van der Waals surface area (Å²) in [5.74, 6) is 0. The molecular formula is C9H18O2.